The van der Waals surface area contributed by atoms with Gasteiger partial charge in [-0.15, -0.1) is 0 Å². The Morgan fingerprint density at radius 3 is 3.12 bits per heavy atom. The molecule has 3 heteroatoms. The first-order chi connectivity index (χ1) is 3.93. The summed E-state index contributed by atoms with van der Waals surface area (Å²) in [5, 5.41) is 6.29. The quantitative estimate of drug-likeness (QED) is 0.352. The first kappa shape index (κ1) is 4.72. The van der Waals surface area contributed by atoms with Gasteiger partial charge in [0.2, 0.25) is 0 Å². The second kappa shape index (κ2) is 2.03. The van der Waals surface area contributed by atoms with E-state index in [0.29, 0.717) is 0 Å². The van der Waals surface area contributed by atoms with E-state index < -0.39 is 0 Å². The molecule has 0 spiro atoms. The standard InChI is InChI=1S/C5H5N3/c6-3-1-5-2-4-7-8-5/h2,4H,6H2,(H,7,8). The summed E-state index contributed by atoms with van der Waals surface area (Å²) < 4.78 is 0. The Morgan fingerprint density at radius 1 is 1.75 bits per heavy atom. The molecule has 0 aliphatic rings. The Balaban J connectivity index is 2.88. The first-order valence-corrected chi connectivity index (χ1v) is 2.14. The van der Waals surface area contributed by atoms with E-state index in [1.165, 1.54) is 0 Å². The van der Waals surface area contributed by atoms with E-state index in [0.717, 1.165) is 5.69 Å². The van der Waals surface area contributed by atoms with Gasteiger partial charge in [-0.2, -0.15) is 5.10 Å². The fourth-order valence-corrected chi connectivity index (χ4v) is 0.403. The number of aromatic nitrogens is 2. The second-order valence-electron chi connectivity index (χ2n) is 1.24. The van der Waals surface area contributed by atoms with Crippen molar-refractivity contribution in [3.8, 4) is 12.0 Å². The van der Waals surface area contributed by atoms with Crippen LogP contribution < -0.4 is 5.73 Å². The smallest absolute Gasteiger partial charge is 0.109 e. The molecule has 0 saturated heterocycles. The summed E-state index contributed by atoms with van der Waals surface area (Å²) in [6, 6.07) is 4.00. The van der Waals surface area contributed by atoms with E-state index in [2.05, 4.69) is 22.2 Å². The van der Waals surface area contributed by atoms with Crippen molar-refractivity contribution < 1.29 is 0 Å². The molecule has 1 aromatic rings. The maximum absolute atomic E-state index is 4.91. The highest BCUT2D eigenvalue weighted by Gasteiger charge is 1.80. The van der Waals surface area contributed by atoms with Gasteiger partial charge in [-0.25, -0.2) is 0 Å². The molecule has 1 rings (SSSR count). The highest BCUT2D eigenvalue weighted by atomic mass is 15.1. The average Bonchev–Trinajstić information content (AvgIpc) is 2.19. The normalized spacial score (nSPS) is 7.50. The van der Waals surface area contributed by atoms with Crippen molar-refractivity contribution in [3.63, 3.8) is 0 Å². The predicted octanol–water partition coefficient (Wildman–Crippen LogP) is -0.323. The van der Waals surface area contributed by atoms with Gasteiger partial charge in [-0.05, 0) is 12.0 Å². The molecule has 0 amide bonds. The van der Waals surface area contributed by atoms with Gasteiger partial charge >= 0.3 is 0 Å². The number of hydrogen-bond acceptors (Lipinski definition) is 2. The van der Waals surface area contributed by atoms with Crippen LogP contribution in [0.3, 0.4) is 0 Å². The Bertz CT molecular complexity index is 201. The van der Waals surface area contributed by atoms with Crippen LogP contribution in [0.5, 0.6) is 0 Å². The lowest BCUT2D eigenvalue weighted by Gasteiger charge is -1.70. The van der Waals surface area contributed by atoms with Crippen LogP contribution in [-0.2, 0) is 0 Å². The highest BCUT2D eigenvalue weighted by Crippen LogP contribution is 1.84. The number of nitrogens with one attached hydrogen (secondary N) is 1. The number of rotatable bonds is 0. The number of nitrogens with zero attached hydrogens (tertiary/aromatic N) is 1. The minimum atomic E-state index is 0.743. The molecule has 0 aliphatic heterocycles. The Hall–Kier alpha value is -1.43. The van der Waals surface area contributed by atoms with Crippen LogP contribution in [0.25, 0.3) is 0 Å². The molecule has 1 heterocycles. The van der Waals surface area contributed by atoms with Crippen molar-refractivity contribution in [3.05, 3.63) is 18.0 Å². The molecule has 0 aliphatic carbocycles. The number of aromatic amines is 1. The van der Waals surface area contributed by atoms with Crippen molar-refractivity contribution in [2.75, 3.05) is 0 Å². The van der Waals surface area contributed by atoms with Gasteiger partial charge in [-0.3, -0.25) is 5.10 Å². The van der Waals surface area contributed by atoms with Crippen molar-refractivity contribution in [1.82, 2.24) is 10.2 Å². The molecule has 0 saturated carbocycles. The topological polar surface area (TPSA) is 54.7 Å². The Kier molecular flexibility index (Phi) is 1.20. The zero-order valence-electron chi connectivity index (χ0n) is 4.18. The first-order valence-electron chi connectivity index (χ1n) is 2.14. The van der Waals surface area contributed by atoms with Crippen molar-refractivity contribution in [2.45, 2.75) is 0 Å². The van der Waals surface area contributed by atoms with Crippen LogP contribution >= 0.6 is 0 Å². The van der Waals surface area contributed by atoms with E-state index in [1.54, 1.807) is 12.3 Å². The highest BCUT2D eigenvalue weighted by molar-refractivity contribution is 5.23. The summed E-state index contributed by atoms with van der Waals surface area (Å²) in [6.07, 6.45) is 1.62. The summed E-state index contributed by atoms with van der Waals surface area (Å²) in [5.74, 6) is 2.60. The summed E-state index contributed by atoms with van der Waals surface area (Å²) in [7, 11) is 0. The third kappa shape index (κ3) is 0.793. The van der Waals surface area contributed by atoms with Gasteiger partial charge < -0.3 is 5.73 Å². The van der Waals surface area contributed by atoms with Crippen LogP contribution in [0.15, 0.2) is 12.3 Å². The van der Waals surface area contributed by atoms with E-state index in [1.807, 2.05) is 0 Å². The molecule has 0 fully saturated rings. The molecule has 3 nitrogen and oxygen atoms in total. The molecular weight excluding hydrogens is 102 g/mol. The van der Waals surface area contributed by atoms with Gasteiger partial charge in [0, 0.05) is 12.2 Å². The lowest BCUT2D eigenvalue weighted by Crippen LogP contribution is -1.78. The van der Waals surface area contributed by atoms with Crippen LogP contribution in [0.2, 0.25) is 0 Å². The summed E-state index contributed by atoms with van der Waals surface area (Å²) in [6.45, 7) is 0. The van der Waals surface area contributed by atoms with Gasteiger partial charge in [0.15, 0.2) is 0 Å². The molecule has 1 aromatic heterocycles. The molecule has 3 N–H and O–H groups in total. The molecule has 0 radical (unpaired) electrons. The number of H-pyrrole nitrogens is 1. The van der Waals surface area contributed by atoms with Crippen LogP contribution in [0.4, 0.5) is 0 Å². The largest absolute Gasteiger partial charge is 0.359 e. The third-order valence-electron chi connectivity index (χ3n) is 0.708. The lowest BCUT2D eigenvalue weighted by atomic mass is 10.5. The van der Waals surface area contributed by atoms with E-state index >= 15 is 0 Å². The zero-order chi connectivity index (χ0) is 5.82. The summed E-state index contributed by atoms with van der Waals surface area (Å²) in [5.41, 5.74) is 5.65. The van der Waals surface area contributed by atoms with Gasteiger partial charge in [0.1, 0.15) is 5.69 Å². The predicted molar refractivity (Wildman–Crippen MR) is 29.7 cm³/mol. The molecule has 0 aromatic carbocycles. The Labute approximate surface area is 46.9 Å². The van der Waals surface area contributed by atoms with E-state index in [4.69, 9.17) is 5.73 Å². The molecule has 0 atom stereocenters. The minimum Gasteiger partial charge on any atom is -0.359 e. The maximum Gasteiger partial charge on any atom is 0.109 e. The van der Waals surface area contributed by atoms with Crippen LogP contribution in [-0.4, -0.2) is 10.2 Å². The molecule has 40 valence electrons. The summed E-state index contributed by atoms with van der Waals surface area (Å²) >= 11 is 0. The zero-order valence-corrected chi connectivity index (χ0v) is 4.18. The fourth-order valence-electron chi connectivity index (χ4n) is 0.403. The lowest BCUT2D eigenvalue weighted by molar-refractivity contribution is 1.08. The summed E-state index contributed by atoms with van der Waals surface area (Å²) in [4.78, 5) is 0. The maximum atomic E-state index is 4.91. The van der Waals surface area contributed by atoms with Crippen LogP contribution in [0, 0.1) is 12.0 Å². The average molecular weight is 107 g/mol. The fraction of sp³-hybridized carbons (Fsp3) is 0. The molecule has 8 heavy (non-hydrogen) atoms. The van der Waals surface area contributed by atoms with Crippen molar-refractivity contribution in [1.29, 1.82) is 0 Å². The van der Waals surface area contributed by atoms with Crippen molar-refractivity contribution >= 4 is 0 Å². The SMILES string of the molecule is NC#Cc1ccn[nH]1. The monoisotopic (exact) mass is 107 g/mol. The minimum absolute atomic E-state index is 0.743. The van der Waals surface area contributed by atoms with Gasteiger partial charge in [0.05, 0.1) is 0 Å². The van der Waals surface area contributed by atoms with E-state index in [-0.39, 0.29) is 0 Å². The molecule has 0 unspecified atom stereocenters. The van der Waals surface area contributed by atoms with E-state index in [9.17, 15) is 0 Å². The molecule has 0 bridgehead atoms. The second-order valence-corrected chi connectivity index (χ2v) is 1.24. The molecular formula is C5H5N3. The number of hydrogen-bond donors (Lipinski definition) is 2. The van der Waals surface area contributed by atoms with Crippen LogP contribution in [0.1, 0.15) is 5.69 Å². The number of nitrogens with two attached hydrogens (primary N) is 1. The Morgan fingerprint density at radius 2 is 2.62 bits per heavy atom. The van der Waals surface area contributed by atoms with Gasteiger partial charge in [-0.1, -0.05) is 0 Å². The van der Waals surface area contributed by atoms with Gasteiger partial charge in [0.25, 0.3) is 0 Å². The van der Waals surface area contributed by atoms with Crippen molar-refractivity contribution in [2.24, 2.45) is 5.73 Å². The third-order valence-corrected chi connectivity index (χ3v) is 0.708.